The van der Waals surface area contributed by atoms with Gasteiger partial charge in [0.2, 0.25) is 0 Å². The lowest BCUT2D eigenvalue weighted by Crippen LogP contribution is -2.30. The van der Waals surface area contributed by atoms with Crippen LogP contribution in [0.25, 0.3) is 10.9 Å². The maximum atomic E-state index is 9.60. The minimum Gasteiger partial charge on any atom is -0.462 e. The molecule has 132 valence electrons. The number of carbonyl (C=O) groups excluding carboxylic acids is 1. The predicted octanol–water partition coefficient (Wildman–Crippen LogP) is 2.58. The average Bonchev–Trinajstić information content (AvgIpc) is 2.92. The van der Waals surface area contributed by atoms with Crippen LogP contribution in [0.1, 0.15) is 33.6 Å². The largest absolute Gasteiger partial charge is 0.462 e. The highest BCUT2D eigenvalue weighted by Crippen LogP contribution is 2.22. The van der Waals surface area contributed by atoms with Gasteiger partial charge in [-0.25, -0.2) is 0 Å². The molecule has 0 saturated carbocycles. The number of nitrogens with two attached hydrogens (primary N) is 1. The van der Waals surface area contributed by atoms with E-state index >= 15 is 0 Å². The number of piperidine rings is 1. The molecule has 0 atom stereocenters. The zero-order valence-corrected chi connectivity index (χ0v) is 14.8. The number of ether oxygens (including phenoxy) is 1. The number of aromatic nitrogens is 2. The zero-order valence-electron chi connectivity index (χ0n) is 14.8. The first kappa shape index (κ1) is 18.3. The van der Waals surface area contributed by atoms with Crippen molar-refractivity contribution in [2.45, 2.75) is 45.8 Å². The zero-order chi connectivity index (χ0) is 17.6. The van der Waals surface area contributed by atoms with E-state index in [2.05, 4.69) is 25.9 Å². The Hall–Kier alpha value is -2.08. The third kappa shape index (κ3) is 5.23. The average molecular weight is 332 g/mol. The molecule has 1 fully saturated rings. The number of nitrogen functional groups attached to an aromatic ring is 1. The van der Waals surface area contributed by atoms with Crippen LogP contribution in [0, 0.1) is 5.92 Å². The monoisotopic (exact) mass is 332 g/mol. The van der Waals surface area contributed by atoms with Gasteiger partial charge in [-0.05, 0) is 64.8 Å². The van der Waals surface area contributed by atoms with Gasteiger partial charge in [0.15, 0.2) is 0 Å². The molecule has 1 aromatic carbocycles. The molecule has 6 heteroatoms. The standard InChI is InChI=1S/C13H18N4.C5H10O2/c14-12-2-1-3-13-11(12)8-16-17(13)9-10-4-6-15-7-5-10;1-5(2,3)7-4-6/h1-3,8,10,15H,4-7,9,14H2;4H,1-3H3. The Kier molecular flexibility index (Phi) is 6.20. The summed E-state index contributed by atoms with van der Waals surface area (Å²) in [5.74, 6) is 0.737. The summed E-state index contributed by atoms with van der Waals surface area (Å²) in [5, 5.41) is 8.93. The maximum Gasteiger partial charge on any atom is 0.293 e. The Morgan fingerprint density at radius 2 is 2.08 bits per heavy atom. The van der Waals surface area contributed by atoms with Crippen molar-refractivity contribution < 1.29 is 9.53 Å². The Bertz CT molecular complexity index is 655. The molecule has 0 radical (unpaired) electrons. The first-order valence-electron chi connectivity index (χ1n) is 8.43. The normalized spacial score (nSPS) is 15.6. The lowest BCUT2D eigenvalue weighted by Gasteiger charge is -2.22. The summed E-state index contributed by atoms with van der Waals surface area (Å²) >= 11 is 0. The van der Waals surface area contributed by atoms with Gasteiger partial charge in [-0.15, -0.1) is 0 Å². The molecule has 1 aliphatic rings. The fraction of sp³-hybridized carbons (Fsp3) is 0.556. The van der Waals surface area contributed by atoms with Crippen molar-refractivity contribution in [3.63, 3.8) is 0 Å². The summed E-state index contributed by atoms with van der Waals surface area (Å²) in [6.07, 6.45) is 4.36. The van der Waals surface area contributed by atoms with Crippen LogP contribution in [-0.2, 0) is 16.1 Å². The highest BCUT2D eigenvalue weighted by Gasteiger charge is 2.15. The molecular formula is C18H28N4O2. The van der Waals surface area contributed by atoms with Crippen molar-refractivity contribution in [1.82, 2.24) is 15.1 Å². The summed E-state index contributed by atoms with van der Waals surface area (Å²) in [7, 11) is 0. The van der Waals surface area contributed by atoms with Crippen LogP contribution in [0.5, 0.6) is 0 Å². The third-order valence-corrected chi connectivity index (χ3v) is 4.01. The van der Waals surface area contributed by atoms with E-state index in [-0.39, 0.29) is 5.60 Å². The topological polar surface area (TPSA) is 82.2 Å². The van der Waals surface area contributed by atoms with Crippen LogP contribution < -0.4 is 11.1 Å². The molecule has 2 heterocycles. The predicted molar refractivity (Wildman–Crippen MR) is 96.6 cm³/mol. The molecule has 3 N–H and O–H groups in total. The number of hydrogen-bond donors (Lipinski definition) is 2. The van der Waals surface area contributed by atoms with Gasteiger partial charge < -0.3 is 15.8 Å². The number of fused-ring (bicyclic) bond motifs is 1. The first-order valence-corrected chi connectivity index (χ1v) is 8.43. The van der Waals surface area contributed by atoms with Gasteiger partial charge in [-0.2, -0.15) is 5.10 Å². The van der Waals surface area contributed by atoms with Gasteiger partial charge in [0.05, 0.1) is 11.7 Å². The lowest BCUT2D eigenvalue weighted by molar-refractivity contribution is -0.138. The van der Waals surface area contributed by atoms with Crippen LogP contribution in [-0.4, -0.2) is 34.9 Å². The van der Waals surface area contributed by atoms with Gasteiger partial charge in [0, 0.05) is 17.6 Å². The minimum atomic E-state index is -0.318. The smallest absolute Gasteiger partial charge is 0.293 e. The molecule has 24 heavy (non-hydrogen) atoms. The van der Waals surface area contributed by atoms with E-state index in [1.807, 2.05) is 39.1 Å². The number of carbonyl (C=O) groups is 1. The number of nitrogens with zero attached hydrogens (tertiary/aromatic N) is 2. The fourth-order valence-electron chi connectivity index (χ4n) is 2.72. The molecule has 0 amide bonds. The number of rotatable bonds is 3. The summed E-state index contributed by atoms with van der Waals surface area (Å²) in [6, 6.07) is 6.02. The van der Waals surface area contributed by atoms with Crippen LogP contribution in [0.15, 0.2) is 24.4 Å². The van der Waals surface area contributed by atoms with Gasteiger partial charge in [-0.1, -0.05) is 6.07 Å². The number of benzene rings is 1. The van der Waals surface area contributed by atoms with Crippen LogP contribution in [0.3, 0.4) is 0 Å². The van der Waals surface area contributed by atoms with Crippen molar-refractivity contribution in [2.75, 3.05) is 18.8 Å². The molecule has 6 nitrogen and oxygen atoms in total. The number of anilines is 1. The van der Waals surface area contributed by atoms with Crippen molar-refractivity contribution >= 4 is 23.1 Å². The maximum absolute atomic E-state index is 9.60. The lowest BCUT2D eigenvalue weighted by atomic mass is 9.98. The molecule has 3 rings (SSSR count). The van der Waals surface area contributed by atoms with Gasteiger partial charge in [-0.3, -0.25) is 9.48 Å². The number of hydrogen-bond acceptors (Lipinski definition) is 5. The highest BCUT2D eigenvalue weighted by atomic mass is 16.5. The molecule has 1 aromatic heterocycles. The second kappa shape index (κ2) is 8.15. The molecule has 0 unspecified atom stereocenters. The van der Waals surface area contributed by atoms with E-state index in [4.69, 9.17) is 5.73 Å². The molecule has 1 saturated heterocycles. The Morgan fingerprint density at radius 3 is 2.67 bits per heavy atom. The summed E-state index contributed by atoms with van der Waals surface area (Å²) in [4.78, 5) is 9.60. The summed E-state index contributed by atoms with van der Waals surface area (Å²) in [5.41, 5.74) is 7.60. The van der Waals surface area contributed by atoms with Gasteiger partial charge >= 0.3 is 0 Å². The quantitative estimate of drug-likeness (QED) is 0.667. The van der Waals surface area contributed by atoms with E-state index in [0.717, 1.165) is 42.1 Å². The van der Waals surface area contributed by atoms with E-state index in [1.165, 1.54) is 12.8 Å². The van der Waals surface area contributed by atoms with Crippen molar-refractivity contribution in [2.24, 2.45) is 5.92 Å². The minimum absolute atomic E-state index is 0.318. The summed E-state index contributed by atoms with van der Waals surface area (Å²) < 4.78 is 6.65. The first-order chi connectivity index (χ1) is 11.4. The second-order valence-corrected chi connectivity index (χ2v) is 7.13. The Balaban J connectivity index is 0.000000256. The van der Waals surface area contributed by atoms with E-state index in [0.29, 0.717) is 6.47 Å². The van der Waals surface area contributed by atoms with E-state index in [1.54, 1.807) is 0 Å². The van der Waals surface area contributed by atoms with Crippen LogP contribution in [0.2, 0.25) is 0 Å². The van der Waals surface area contributed by atoms with Crippen LogP contribution in [0.4, 0.5) is 5.69 Å². The van der Waals surface area contributed by atoms with Gasteiger partial charge in [0.25, 0.3) is 6.47 Å². The molecular weight excluding hydrogens is 304 g/mol. The SMILES string of the molecule is CC(C)(C)OC=O.Nc1cccc2c1cnn2CC1CCNCC1. The van der Waals surface area contributed by atoms with Gasteiger partial charge in [0.1, 0.15) is 5.60 Å². The molecule has 1 aliphatic heterocycles. The molecule has 0 aliphatic carbocycles. The second-order valence-electron chi connectivity index (χ2n) is 7.13. The van der Waals surface area contributed by atoms with Crippen LogP contribution >= 0.6 is 0 Å². The Morgan fingerprint density at radius 1 is 1.38 bits per heavy atom. The molecule has 0 bridgehead atoms. The fourth-order valence-corrected chi connectivity index (χ4v) is 2.72. The van der Waals surface area contributed by atoms with Crippen molar-refractivity contribution in [3.8, 4) is 0 Å². The molecule has 0 spiro atoms. The Labute approximate surface area is 143 Å². The highest BCUT2D eigenvalue weighted by molar-refractivity contribution is 5.90. The molecule has 2 aromatic rings. The van der Waals surface area contributed by atoms with E-state index in [9.17, 15) is 4.79 Å². The third-order valence-electron chi connectivity index (χ3n) is 4.01. The van der Waals surface area contributed by atoms with E-state index < -0.39 is 0 Å². The summed E-state index contributed by atoms with van der Waals surface area (Å²) in [6.45, 7) is 9.19. The number of nitrogens with one attached hydrogen (secondary N) is 1. The van der Waals surface area contributed by atoms with Crippen molar-refractivity contribution in [1.29, 1.82) is 0 Å². The van der Waals surface area contributed by atoms with Crippen molar-refractivity contribution in [3.05, 3.63) is 24.4 Å².